The van der Waals surface area contributed by atoms with Crippen LogP contribution in [0.5, 0.6) is 0 Å². The maximum Gasteiger partial charge on any atom is 0.329 e. The molecule has 0 aliphatic carbocycles. The first-order valence-electron chi connectivity index (χ1n) is 5.55. The number of carboxylic acid groups (broad SMARTS) is 1. The van der Waals surface area contributed by atoms with Crippen LogP contribution in [0.3, 0.4) is 0 Å². The van der Waals surface area contributed by atoms with E-state index in [1.807, 2.05) is 5.38 Å². The minimum Gasteiger partial charge on any atom is -0.480 e. The van der Waals surface area contributed by atoms with E-state index in [4.69, 9.17) is 5.11 Å². The Kier molecular flexibility index (Phi) is 4.66. The van der Waals surface area contributed by atoms with Crippen LogP contribution in [0.4, 0.5) is 4.79 Å². The lowest BCUT2D eigenvalue weighted by molar-refractivity contribution is -0.147. The molecule has 0 spiro atoms. The predicted octanol–water partition coefficient (Wildman–Crippen LogP) is 1.54. The fourth-order valence-electron chi connectivity index (χ4n) is 1.49. The van der Waals surface area contributed by atoms with Crippen LogP contribution >= 0.6 is 11.3 Å². The average molecular weight is 271 g/mol. The van der Waals surface area contributed by atoms with E-state index >= 15 is 0 Å². The number of hydrogen-bond acceptors (Lipinski definition) is 4. The van der Waals surface area contributed by atoms with Crippen LogP contribution in [-0.4, -0.2) is 39.1 Å². The Balaban J connectivity index is 2.65. The molecular formula is C11H17N3O3S. The number of hydrogen-bond donors (Lipinski definition) is 2. The minimum absolute atomic E-state index is 0.300. The third-order valence-corrected chi connectivity index (χ3v) is 3.30. The van der Waals surface area contributed by atoms with Gasteiger partial charge in [-0.15, -0.1) is 11.3 Å². The smallest absolute Gasteiger partial charge is 0.329 e. The molecule has 0 aliphatic heterocycles. The number of urea groups is 1. The van der Waals surface area contributed by atoms with Crippen LogP contribution in [0.25, 0.3) is 0 Å². The van der Waals surface area contributed by atoms with Crippen LogP contribution in [-0.2, 0) is 11.3 Å². The zero-order valence-electron chi connectivity index (χ0n) is 10.6. The van der Waals surface area contributed by atoms with E-state index in [-0.39, 0.29) is 0 Å². The molecule has 0 fully saturated rings. The number of carbonyl (C=O) groups excluding carboxylic acids is 1. The number of carboxylic acids is 1. The molecule has 7 heteroatoms. The van der Waals surface area contributed by atoms with Gasteiger partial charge >= 0.3 is 12.0 Å². The van der Waals surface area contributed by atoms with Gasteiger partial charge in [-0.25, -0.2) is 14.6 Å². The number of aromatic nitrogens is 1. The summed E-state index contributed by atoms with van der Waals surface area (Å²) in [7, 11) is 0. The Morgan fingerprint density at radius 2 is 2.22 bits per heavy atom. The number of aliphatic carboxylic acids is 1. The summed E-state index contributed by atoms with van der Waals surface area (Å²) in [6.45, 7) is 5.37. The zero-order chi connectivity index (χ0) is 13.8. The van der Waals surface area contributed by atoms with Gasteiger partial charge in [0.15, 0.2) is 0 Å². The van der Waals surface area contributed by atoms with Crippen molar-refractivity contribution in [1.82, 2.24) is 15.2 Å². The highest BCUT2D eigenvalue weighted by Crippen LogP contribution is 2.14. The fourth-order valence-corrected chi connectivity index (χ4v) is 2.05. The van der Waals surface area contributed by atoms with Crippen LogP contribution < -0.4 is 5.32 Å². The predicted molar refractivity (Wildman–Crippen MR) is 68.4 cm³/mol. The molecule has 0 atom stereocenters. The maximum absolute atomic E-state index is 11.9. The number of rotatable bonds is 5. The molecule has 0 bridgehead atoms. The van der Waals surface area contributed by atoms with Crippen molar-refractivity contribution in [1.29, 1.82) is 0 Å². The maximum atomic E-state index is 11.9. The molecular weight excluding hydrogens is 254 g/mol. The summed E-state index contributed by atoms with van der Waals surface area (Å²) in [6, 6.07) is -0.405. The molecule has 0 radical (unpaired) electrons. The Labute approximate surface area is 110 Å². The first-order chi connectivity index (χ1) is 8.39. The van der Waals surface area contributed by atoms with Gasteiger partial charge in [0.05, 0.1) is 17.7 Å². The quantitative estimate of drug-likeness (QED) is 0.851. The molecule has 0 saturated carbocycles. The normalized spacial score (nSPS) is 11.1. The van der Waals surface area contributed by atoms with Crippen LogP contribution in [0.1, 0.15) is 26.5 Å². The molecule has 0 saturated heterocycles. The molecule has 2 N–H and O–H groups in total. The topological polar surface area (TPSA) is 82.5 Å². The van der Waals surface area contributed by atoms with Crippen molar-refractivity contribution in [2.24, 2.45) is 0 Å². The van der Waals surface area contributed by atoms with Crippen LogP contribution in [0, 0.1) is 0 Å². The summed E-state index contributed by atoms with van der Waals surface area (Å²) in [5.41, 5.74) is 1.21. The molecule has 0 aliphatic rings. The summed E-state index contributed by atoms with van der Waals surface area (Å²) in [6.07, 6.45) is 0. The third kappa shape index (κ3) is 3.19. The lowest BCUT2D eigenvalue weighted by Gasteiger charge is -2.34. The highest BCUT2D eigenvalue weighted by atomic mass is 32.1. The molecule has 2 amide bonds. The minimum atomic E-state index is -1.24. The second-order valence-corrected chi connectivity index (χ2v) is 4.97. The highest BCUT2D eigenvalue weighted by Gasteiger charge is 2.36. The molecule has 18 heavy (non-hydrogen) atoms. The Morgan fingerprint density at radius 1 is 1.56 bits per heavy atom. The van der Waals surface area contributed by atoms with E-state index in [0.29, 0.717) is 13.1 Å². The molecule has 100 valence electrons. The van der Waals surface area contributed by atoms with Crippen LogP contribution in [0.15, 0.2) is 10.9 Å². The van der Waals surface area contributed by atoms with E-state index < -0.39 is 17.5 Å². The average Bonchev–Trinajstić information content (AvgIpc) is 2.79. The summed E-state index contributed by atoms with van der Waals surface area (Å²) in [5, 5.41) is 13.6. The molecule has 1 rings (SSSR count). The van der Waals surface area contributed by atoms with Gasteiger partial charge < -0.3 is 15.3 Å². The van der Waals surface area contributed by atoms with Crippen molar-refractivity contribution in [2.75, 3.05) is 6.54 Å². The van der Waals surface area contributed by atoms with E-state index in [9.17, 15) is 9.59 Å². The second-order valence-electron chi connectivity index (χ2n) is 4.25. The van der Waals surface area contributed by atoms with Gasteiger partial charge in [-0.3, -0.25) is 0 Å². The summed E-state index contributed by atoms with van der Waals surface area (Å²) < 4.78 is 0. The number of carbonyl (C=O) groups is 2. The number of thiazole rings is 1. The number of nitrogens with zero attached hydrogens (tertiary/aromatic N) is 2. The van der Waals surface area contributed by atoms with Crippen molar-refractivity contribution in [2.45, 2.75) is 32.9 Å². The lowest BCUT2D eigenvalue weighted by Crippen LogP contribution is -2.55. The molecule has 6 nitrogen and oxygen atoms in total. The first kappa shape index (κ1) is 14.4. The molecule has 0 aromatic carbocycles. The number of likely N-dealkylation sites (N-methyl/N-ethyl adjacent to an activating group) is 1. The highest BCUT2D eigenvalue weighted by molar-refractivity contribution is 7.07. The standard InChI is InChI=1S/C11H17N3O3S/c1-4-14(11(2,3)9(15)16)10(17)12-5-8-6-18-7-13-8/h6-7H,4-5H2,1-3H3,(H,12,17)(H,15,16). The van der Waals surface area contributed by atoms with E-state index in [2.05, 4.69) is 10.3 Å². The summed E-state index contributed by atoms with van der Waals surface area (Å²) >= 11 is 1.45. The van der Waals surface area contributed by atoms with Gasteiger partial charge in [-0.05, 0) is 20.8 Å². The molecule has 1 heterocycles. The van der Waals surface area contributed by atoms with Gasteiger partial charge in [-0.2, -0.15) is 0 Å². The van der Waals surface area contributed by atoms with Crippen molar-refractivity contribution in [3.05, 3.63) is 16.6 Å². The van der Waals surface area contributed by atoms with Gasteiger partial charge in [-0.1, -0.05) is 0 Å². The lowest BCUT2D eigenvalue weighted by atomic mass is 10.0. The van der Waals surface area contributed by atoms with Gasteiger partial charge in [0, 0.05) is 11.9 Å². The van der Waals surface area contributed by atoms with Crippen LogP contribution in [0.2, 0.25) is 0 Å². The van der Waals surface area contributed by atoms with E-state index in [1.54, 1.807) is 12.4 Å². The molecule has 1 aromatic heterocycles. The zero-order valence-corrected chi connectivity index (χ0v) is 11.5. The summed E-state index contributed by atoms with van der Waals surface area (Å²) in [4.78, 5) is 28.4. The first-order valence-corrected chi connectivity index (χ1v) is 6.49. The SMILES string of the molecule is CCN(C(=O)NCc1cscn1)C(C)(C)C(=O)O. The van der Waals surface area contributed by atoms with Gasteiger partial charge in [0.2, 0.25) is 0 Å². The van der Waals surface area contributed by atoms with E-state index in [0.717, 1.165) is 5.69 Å². The monoisotopic (exact) mass is 271 g/mol. The third-order valence-electron chi connectivity index (χ3n) is 2.66. The van der Waals surface area contributed by atoms with E-state index in [1.165, 1.54) is 30.1 Å². The summed E-state index contributed by atoms with van der Waals surface area (Å²) in [5.74, 6) is -1.03. The number of amides is 2. The van der Waals surface area contributed by atoms with Crippen molar-refractivity contribution < 1.29 is 14.7 Å². The number of nitrogens with one attached hydrogen (secondary N) is 1. The molecule has 0 unspecified atom stereocenters. The largest absolute Gasteiger partial charge is 0.480 e. The Morgan fingerprint density at radius 3 is 2.67 bits per heavy atom. The van der Waals surface area contributed by atoms with Crippen molar-refractivity contribution in [3.8, 4) is 0 Å². The van der Waals surface area contributed by atoms with Crippen molar-refractivity contribution in [3.63, 3.8) is 0 Å². The van der Waals surface area contributed by atoms with Gasteiger partial charge in [0.25, 0.3) is 0 Å². The van der Waals surface area contributed by atoms with Crippen molar-refractivity contribution >= 4 is 23.3 Å². The fraction of sp³-hybridized carbons (Fsp3) is 0.545. The van der Waals surface area contributed by atoms with Gasteiger partial charge in [0.1, 0.15) is 5.54 Å². The molecule has 1 aromatic rings. The Hall–Kier alpha value is -1.63. The second kappa shape index (κ2) is 5.81. The Bertz CT molecular complexity index is 417.